The summed E-state index contributed by atoms with van der Waals surface area (Å²) in [5, 5.41) is 5.88. The van der Waals surface area contributed by atoms with E-state index in [4.69, 9.17) is 0 Å². The molecule has 0 aliphatic carbocycles. The molecule has 0 fully saturated rings. The number of hydrogen-bond donors (Lipinski definition) is 1. The molecule has 0 saturated heterocycles. The van der Waals surface area contributed by atoms with Gasteiger partial charge in [-0.2, -0.15) is 0 Å². The van der Waals surface area contributed by atoms with Gasteiger partial charge in [0.25, 0.3) is 0 Å². The van der Waals surface area contributed by atoms with Gasteiger partial charge < -0.3 is 5.32 Å². The molecule has 1 amide bonds. The summed E-state index contributed by atoms with van der Waals surface area (Å²) in [6, 6.07) is 22.1. The number of carbonyl (C=O) groups is 1. The highest BCUT2D eigenvalue weighted by Crippen LogP contribution is 2.25. The van der Waals surface area contributed by atoms with Crippen molar-refractivity contribution in [3.05, 3.63) is 72.3 Å². The zero-order chi connectivity index (χ0) is 15.6. The van der Waals surface area contributed by atoms with Crippen molar-refractivity contribution in [1.29, 1.82) is 0 Å². The summed E-state index contributed by atoms with van der Waals surface area (Å²) in [6.45, 7) is 0. The standard InChI is InChI=1S/C19H14N2OS/c22-18(21-19-20-16-7-3-4-8-17(16)23-19)12-13-9-10-14-5-1-2-6-15(14)11-13/h1-11H,12H2,(H,20,21,22). The number of aromatic nitrogens is 1. The quantitative estimate of drug-likeness (QED) is 0.598. The summed E-state index contributed by atoms with van der Waals surface area (Å²) >= 11 is 1.50. The molecular weight excluding hydrogens is 304 g/mol. The molecule has 0 bridgehead atoms. The fourth-order valence-corrected chi connectivity index (χ4v) is 3.51. The minimum atomic E-state index is -0.0423. The van der Waals surface area contributed by atoms with E-state index >= 15 is 0 Å². The molecule has 0 atom stereocenters. The van der Waals surface area contributed by atoms with Gasteiger partial charge >= 0.3 is 0 Å². The van der Waals surface area contributed by atoms with Crippen LogP contribution < -0.4 is 5.32 Å². The molecule has 23 heavy (non-hydrogen) atoms. The second kappa shape index (κ2) is 5.82. The maximum atomic E-state index is 12.3. The van der Waals surface area contributed by atoms with E-state index in [0.29, 0.717) is 11.6 Å². The van der Waals surface area contributed by atoms with Crippen molar-refractivity contribution in [2.24, 2.45) is 0 Å². The summed E-state index contributed by atoms with van der Waals surface area (Å²) in [6.07, 6.45) is 0.348. The molecule has 3 aromatic carbocycles. The second-order valence-electron chi connectivity index (χ2n) is 5.39. The molecular formula is C19H14N2OS. The molecule has 4 heteroatoms. The Morgan fingerprint density at radius 1 is 0.957 bits per heavy atom. The van der Waals surface area contributed by atoms with Gasteiger partial charge in [0.05, 0.1) is 16.6 Å². The molecule has 4 aromatic rings. The molecule has 1 N–H and O–H groups in total. The molecule has 1 heterocycles. The van der Waals surface area contributed by atoms with Gasteiger partial charge in [-0.3, -0.25) is 4.79 Å². The van der Waals surface area contributed by atoms with Crippen LogP contribution in [0.3, 0.4) is 0 Å². The Bertz CT molecular complexity index is 973. The van der Waals surface area contributed by atoms with Gasteiger partial charge in [0.15, 0.2) is 5.13 Å². The zero-order valence-corrected chi connectivity index (χ0v) is 13.1. The summed E-state index contributed by atoms with van der Waals surface area (Å²) in [7, 11) is 0. The average molecular weight is 318 g/mol. The van der Waals surface area contributed by atoms with Crippen molar-refractivity contribution >= 4 is 43.4 Å². The van der Waals surface area contributed by atoms with Crippen LogP contribution in [-0.2, 0) is 11.2 Å². The lowest BCUT2D eigenvalue weighted by molar-refractivity contribution is -0.115. The smallest absolute Gasteiger partial charge is 0.230 e. The maximum absolute atomic E-state index is 12.3. The maximum Gasteiger partial charge on any atom is 0.230 e. The lowest BCUT2D eigenvalue weighted by Crippen LogP contribution is -2.14. The van der Waals surface area contributed by atoms with Crippen LogP contribution in [0.2, 0.25) is 0 Å². The Morgan fingerprint density at radius 3 is 2.61 bits per heavy atom. The summed E-state index contributed by atoms with van der Waals surface area (Å²) < 4.78 is 1.08. The number of benzene rings is 3. The van der Waals surface area contributed by atoms with Gasteiger partial charge in [-0.1, -0.05) is 65.9 Å². The number of amides is 1. The largest absolute Gasteiger partial charge is 0.302 e. The predicted octanol–water partition coefficient (Wildman–Crippen LogP) is 4.63. The number of fused-ring (bicyclic) bond motifs is 2. The Kier molecular flexibility index (Phi) is 3.52. The highest BCUT2D eigenvalue weighted by atomic mass is 32.1. The first-order valence-corrected chi connectivity index (χ1v) is 8.23. The van der Waals surface area contributed by atoms with Gasteiger partial charge in [0.1, 0.15) is 0 Å². The van der Waals surface area contributed by atoms with Crippen LogP contribution in [-0.4, -0.2) is 10.9 Å². The van der Waals surface area contributed by atoms with E-state index in [1.807, 2.05) is 42.5 Å². The van der Waals surface area contributed by atoms with Gasteiger partial charge in [0, 0.05) is 0 Å². The molecule has 0 aliphatic rings. The molecule has 112 valence electrons. The lowest BCUT2D eigenvalue weighted by Gasteiger charge is -2.04. The van der Waals surface area contributed by atoms with E-state index in [1.165, 1.54) is 16.7 Å². The number of carbonyl (C=O) groups excluding carboxylic acids is 1. The molecule has 0 saturated carbocycles. The highest BCUT2D eigenvalue weighted by Gasteiger charge is 2.08. The third kappa shape index (κ3) is 2.94. The summed E-state index contributed by atoms with van der Waals surface area (Å²) in [5.41, 5.74) is 1.92. The van der Waals surface area contributed by atoms with Crippen molar-refractivity contribution < 1.29 is 4.79 Å². The molecule has 0 spiro atoms. The number of para-hydroxylation sites is 1. The summed E-state index contributed by atoms with van der Waals surface area (Å²) in [5.74, 6) is -0.0423. The van der Waals surface area contributed by atoms with Crippen molar-refractivity contribution in [2.45, 2.75) is 6.42 Å². The second-order valence-corrected chi connectivity index (χ2v) is 6.42. The van der Waals surface area contributed by atoms with Crippen molar-refractivity contribution in [1.82, 2.24) is 4.98 Å². The molecule has 3 nitrogen and oxygen atoms in total. The molecule has 1 aromatic heterocycles. The number of anilines is 1. The van der Waals surface area contributed by atoms with Gasteiger partial charge in [-0.05, 0) is 28.5 Å². The number of nitrogens with zero attached hydrogens (tertiary/aromatic N) is 1. The number of rotatable bonds is 3. The van der Waals surface area contributed by atoms with E-state index in [2.05, 4.69) is 34.6 Å². The van der Waals surface area contributed by atoms with Crippen molar-refractivity contribution in [3.63, 3.8) is 0 Å². The normalized spacial score (nSPS) is 11.0. The minimum Gasteiger partial charge on any atom is -0.302 e. The van der Waals surface area contributed by atoms with E-state index in [9.17, 15) is 4.79 Å². The van der Waals surface area contributed by atoms with Gasteiger partial charge in [-0.15, -0.1) is 0 Å². The summed E-state index contributed by atoms with van der Waals surface area (Å²) in [4.78, 5) is 16.7. The first-order valence-electron chi connectivity index (χ1n) is 7.41. The Labute approximate surface area is 137 Å². The van der Waals surface area contributed by atoms with Gasteiger partial charge in [-0.25, -0.2) is 4.98 Å². The Morgan fingerprint density at radius 2 is 1.74 bits per heavy atom. The van der Waals surface area contributed by atoms with E-state index in [1.54, 1.807) is 0 Å². The van der Waals surface area contributed by atoms with Crippen LogP contribution in [0.1, 0.15) is 5.56 Å². The predicted molar refractivity (Wildman–Crippen MR) is 95.9 cm³/mol. The lowest BCUT2D eigenvalue weighted by atomic mass is 10.1. The molecule has 0 unspecified atom stereocenters. The third-order valence-electron chi connectivity index (χ3n) is 3.72. The van der Waals surface area contributed by atoms with Gasteiger partial charge in [0.2, 0.25) is 5.91 Å². The third-order valence-corrected chi connectivity index (χ3v) is 4.67. The first kappa shape index (κ1) is 13.9. The van der Waals surface area contributed by atoms with Crippen LogP contribution in [0.4, 0.5) is 5.13 Å². The fourth-order valence-electron chi connectivity index (χ4n) is 2.62. The van der Waals surface area contributed by atoms with Crippen LogP contribution in [0, 0.1) is 0 Å². The minimum absolute atomic E-state index is 0.0423. The van der Waals surface area contributed by atoms with Crippen LogP contribution in [0.5, 0.6) is 0 Å². The van der Waals surface area contributed by atoms with Crippen LogP contribution in [0.25, 0.3) is 21.0 Å². The van der Waals surface area contributed by atoms with E-state index < -0.39 is 0 Å². The van der Waals surface area contributed by atoms with Crippen molar-refractivity contribution in [2.75, 3.05) is 5.32 Å². The zero-order valence-electron chi connectivity index (χ0n) is 12.3. The van der Waals surface area contributed by atoms with E-state index in [-0.39, 0.29) is 5.91 Å². The van der Waals surface area contributed by atoms with E-state index in [0.717, 1.165) is 21.2 Å². The molecule has 4 rings (SSSR count). The number of nitrogens with one attached hydrogen (secondary N) is 1. The van der Waals surface area contributed by atoms with Crippen LogP contribution >= 0.6 is 11.3 Å². The fraction of sp³-hybridized carbons (Fsp3) is 0.0526. The number of hydrogen-bond acceptors (Lipinski definition) is 3. The average Bonchev–Trinajstić information content (AvgIpc) is 2.96. The number of thiazole rings is 1. The molecule has 0 aliphatic heterocycles. The monoisotopic (exact) mass is 318 g/mol. The first-order chi connectivity index (χ1) is 11.3. The SMILES string of the molecule is O=C(Cc1ccc2ccccc2c1)Nc1nc2ccccc2s1. The Hall–Kier alpha value is -2.72. The molecule has 0 radical (unpaired) electrons. The van der Waals surface area contributed by atoms with Crippen molar-refractivity contribution in [3.8, 4) is 0 Å². The topological polar surface area (TPSA) is 42.0 Å². The van der Waals surface area contributed by atoms with Crippen LogP contribution in [0.15, 0.2) is 66.7 Å². The highest BCUT2D eigenvalue weighted by molar-refractivity contribution is 7.22. The Balaban J connectivity index is 1.52.